The highest BCUT2D eigenvalue weighted by atomic mass is 16.5. The Labute approximate surface area is 183 Å². The maximum Gasteiger partial charge on any atom is 0.305 e. The van der Waals surface area contributed by atoms with E-state index in [0.29, 0.717) is 53.4 Å². The lowest BCUT2D eigenvalue weighted by molar-refractivity contribution is -0.142. The van der Waals surface area contributed by atoms with Crippen molar-refractivity contribution in [2.75, 3.05) is 7.11 Å². The first-order valence-corrected chi connectivity index (χ1v) is 12.5. The molecular formula is C25H45N3O2. The lowest BCUT2D eigenvalue weighted by atomic mass is 9.42. The molecule has 0 aromatic heterocycles. The molecule has 6 N–H and O–H groups in total. The van der Waals surface area contributed by atoms with Gasteiger partial charge in [-0.2, -0.15) is 0 Å². The number of methoxy groups -OCH3 is 1. The molecule has 5 unspecified atom stereocenters. The highest BCUT2D eigenvalue weighted by Gasteiger charge is 2.64. The Morgan fingerprint density at radius 2 is 1.80 bits per heavy atom. The van der Waals surface area contributed by atoms with Crippen molar-refractivity contribution in [3.8, 4) is 0 Å². The normalized spacial score (nSPS) is 51.4. The molecule has 0 saturated heterocycles. The van der Waals surface area contributed by atoms with Gasteiger partial charge in [0.2, 0.25) is 0 Å². The Bertz CT molecular complexity index is 656. The van der Waals surface area contributed by atoms with Crippen molar-refractivity contribution >= 4 is 5.97 Å². The van der Waals surface area contributed by atoms with Crippen molar-refractivity contribution in [2.24, 2.45) is 63.5 Å². The van der Waals surface area contributed by atoms with Gasteiger partial charge in [0.15, 0.2) is 0 Å². The molecule has 30 heavy (non-hydrogen) atoms. The quantitative estimate of drug-likeness (QED) is 0.606. The van der Waals surface area contributed by atoms with Gasteiger partial charge in [-0.1, -0.05) is 20.8 Å². The van der Waals surface area contributed by atoms with Gasteiger partial charge in [0, 0.05) is 24.5 Å². The van der Waals surface area contributed by atoms with Crippen molar-refractivity contribution in [3.05, 3.63) is 0 Å². The first-order valence-electron chi connectivity index (χ1n) is 12.5. The van der Waals surface area contributed by atoms with E-state index in [-0.39, 0.29) is 23.5 Å². The minimum atomic E-state index is -0.0988. The van der Waals surface area contributed by atoms with Gasteiger partial charge in [-0.05, 0) is 97.7 Å². The van der Waals surface area contributed by atoms with Gasteiger partial charge in [-0.15, -0.1) is 0 Å². The number of carbonyl (C=O) groups is 1. The summed E-state index contributed by atoms with van der Waals surface area (Å²) in [6.45, 7) is 7.32. The van der Waals surface area contributed by atoms with E-state index in [2.05, 4.69) is 20.8 Å². The fraction of sp³-hybridized carbons (Fsp3) is 0.960. The minimum absolute atomic E-state index is 0.0988. The molecule has 0 radical (unpaired) electrons. The van der Waals surface area contributed by atoms with Gasteiger partial charge in [-0.25, -0.2) is 0 Å². The molecule has 4 rings (SSSR count). The lowest BCUT2D eigenvalue weighted by Gasteiger charge is -2.64. The fourth-order valence-corrected chi connectivity index (χ4v) is 9.02. The average molecular weight is 420 g/mol. The second-order valence-electron chi connectivity index (χ2n) is 11.9. The molecule has 0 amide bonds. The average Bonchev–Trinajstić information content (AvgIpc) is 3.06. The fourth-order valence-electron chi connectivity index (χ4n) is 9.02. The van der Waals surface area contributed by atoms with E-state index in [9.17, 15) is 4.79 Å². The van der Waals surface area contributed by atoms with Crippen LogP contribution in [0.25, 0.3) is 0 Å². The van der Waals surface area contributed by atoms with Crippen LogP contribution in [0.15, 0.2) is 0 Å². The number of carbonyl (C=O) groups excluding carboxylic acids is 1. The van der Waals surface area contributed by atoms with Crippen molar-refractivity contribution in [2.45, 2.75) is 96.7 Å². The Kier molecular flexibility index (Phi) is 6.04. The van der Waals surface area contributed by atoms with Crippen LogP contribution in [0.5, 0.6) is 0 Å². The van der Waals surface area contributed by atoms with Crippen LogP contribution in [0.1, 0.15) is 78.6 Å². The highest BCUT2D eigenvalue weighted by Crippen LogP contribution is 2.67. The van der Waals surface area contributed by atoms with Gasteiger partial charge < -0.3 is 21.9 Å². The second-order valence-corrected chi connectivity index (χ2v) is 11.9. The predicted molar refractivity (Wildman–Crippen MR) is 120 cm³/mol. The predicted octanol–water partition coefficient (Wildman–Crippen LogP) is 3.44. The first kappa shape index (κ1) is 22.5. The molecule has 0 heterocycles. The Hall–Kier alpha value is -0.650. The first-order chi connectivity index (χ1) is 14.1. The molecular weight excluding hydrogens is 374 g/mol. The summed E-state index contributed by atoms with van der Waals surface area (Å²) in [6.07, 6.45) is 9.63. The molecule has 0 aromatic carbocycles. The van der Waals surface area contributed by atoms with Gasteiger partial charge >= 0.3 is 5.97 Å². The Balaban J connectivity index is 1.58. The molecule has 0 spiro atoms. The lowest BCUT2D eigenvalue weighted by Crippen LogP contribution is -2.65. The number of esters is 1. The third kappa shape index (κ3) is 3.34. The van der Waals surface area contributed by atoms with E-state index in [1.54, 1.807) is 0 Å². The summed E-state index contributed by atoms with van der Waals surface area (Å²) in [5.74, 6) is 3.45. The summed E-state index contributed by atoms with van der Waals surface area (Å²) < 4.78 is 4.88. The molecule has 0 bridgehead atoms. The molecule has 172 valence electrons. The van der Waals surface area contributed by atoms with Crippen molar-refractivity contribution in [1.29, 1.82) is 0 Å². The van der Waals surface area contributed by atoms with E-state index < -0.39 is 0 Å². The van der Waals surface area contributed by atoms with E-state index in [0.717, 1.165) is 32.1 Å². The summed E-state index contributed by atoms with van der Waals surface area (Å²) >= 11 is 0. The van der Waals surface area contributed by atoms with Gasteiger partial charge in [0.05, 0.1) is 7.11 Å². The van der Waals surface area contributed by atoms with Crippen molar-refractivity contribution < 1.29 is 9.53 Å². The molecule has 4 aliphatic carbocycles. The van der Waals surface area contributed by atoms with Gasteiger partial charge in [0.1, 0.15) is 0 Å². The second kappa shape index (κ2) is 8.04. The monoisotopic (exact) mass is 419 g/mol. The molecule has 5 heteroatoms. The largest absolute Gasteiger partial charge is 0.469 e. The van der Waals surface area contributed by atoms with Crippen LogP contribution < -0.4 is 17.2 Å². The summed E-state index contributed by atoms with van der Waals surface area (Å²) in [5.41, 5.74) is 20.9. The van der Waals surface area contributed by atoms with Crippen molar-refractivity contribution in [1.82, 2.24) is 0 Å². The van der Waals surface area contributed by atoms with E-state index in [1.807, 2.05) is 0 Å². The smallest absolute Gasteiger partial charge is 0.305 e. The molecule has 0 aliphatic heterocycles. The molecule has 4 aliphatic rings. The highest BCUT2D eigenvalue weighted by molar-refractivity contribution is 5.69. The molecule has 4 fully saturated rings. The molecule has 5 nitrogen and oxygen atoms in total. The topological polar surface area (TPSA) is 104 Å². The number of hydrogen-bond acceptors (Lipinski definition) is 5. The van der Waals surface area contributed by atoms with Crippen LogP contribution in [0, 0.1) is 46.3 Å². The van der Waals surface area contributed by atoms with Crippen LogP contribution in [0.2, 0.25) is 0 Å². The number of rotatable bonds is 4. The zero-order valence-corrected chi connectivity index (χ0v) is 19.6. The summed E-state index contributed by atoms with van der Waals surface area (Å²) in [7, 11) is 1.48. The van der Waals surface area contributed by atoms with Gasteiger partial charge in [-0.3, -0.25) is 4.79 Å². The molecule has 0 aromatic rings. The Morgan fingerprint density at radius 3 is 2.50 bits per heavy atom. The van der Waals surface area contributed by atoms with Crippen LogP contribution in [0.3, 0.4) is 0 Å². The minimum Gasteiger partial charge on any atom is -0.469 e. The van der Waals surface area contributed by atoms with Crippen LogP contribution >= 0.6 is 0 Å². The van der Waals surface area contributed by atoms with E-state index in [4.69, 9.17) is 21.9 Å². The molecule has 11 atom stereocenters. The van der Waals surface area contributed by atoms with Crippen molar-refractivity contribution in [3.63, 3.8) is 0 Å². The summed E-state index contributed by atoms with van der Waals surface area (Å²) in [5, 5.41) is 0. The SMILES string of the molecule is COC(=O)CC[C@@H](C)C1CC[C@H]2[C@@H]3C(CC(N)C12C)C1(C)CC[C@@H](N)C[C@H]1C[C@@H]3N. The number of nitrogens with two attached hydrogens (primary N) is 3. The maximum atomic E-state index is 11.7. The van der Waals surface area contributed by atoms with E-state index in [1.165, 1.54) is 26.4 Å². The zero-order chi connectivity index (χ0) is 21.8. The summed E-state index contributed by atoms with van der Waals surface area (Å²) in [6, 6.07) is 0.843. The van der Waals surface area contributed by atoms with Gasteiger partial charge in [0.25, 0.3) is 0 Å². The Morgan fingerprint density at radius 1 is 1.07 bits per heavy atom. The van der Waals surface area contributed by atoms with Crippen LogP contribution in [-0.2, 0) is 9.53 Å². The van der Waals surface area contributed by atoms with Crippen LogP contribution in [0.4, 0.5) is 0 Å². The summed E-state index contributed by atoms with van der Waals surface area (Å²) in [4.78, 5) is 11.7. The zero-order valence-electron chi connectivity index (χ0n) is 19.6. The third-order valence-corrected chi connectivity index (χ3v) is 10.8. The maximum absolute atomic E-state index is 11.7. The van der Waals surface area contributed by atoms with E-state index >= 15 is 0 Å². The number of hydrogen-bond donors (Lipinski definition) is 3. The third-order valence-electron chi connectivity index (χ3n) is 10.8. The number of ether oxygens (including phenoxy) is 1. The molecule has 4 saturated carbocycles. The van der Waals surface area contributed by atoms with Crippen LogP contribution in [-0.4, -0.2) is 31.2 Å². The number of fused-ring (bicyclic) bond motifs is 5. The standard InChI is InChI=1S/C25H45N3O2/c1-14(5-8-22(29)30-4)17-6-7-18-23-19(13-21(28)25(17,18)3)24(2)10-9-16(26)11-15(24)12-20(23)27/h14-21,23H,5-13,26-28H2,1-4H3/t14-,15+,16-,17?,18+,19?,20+,21?,23-,24?,25?/m1/s1.